The number of fused-ring (bicyclic) bond motifs is 1. The molecule has 4 rings (SSSR count). The molecular formula is C19H22ClNO4. The number of rotatable bonds is 2. The quantitative estimate of drug-likeness (QED) is 0.810. The number of ether oxygens (including phenoxy) is 2. The molecule has 134 valence electrons. The average Bonchev–Trinajstić information content (AvgIpc) is 3.06. The van der Waals surface area contributed by atoms with Crippen molar-refractivity contribution in [3.8, 4) is 5.75 Å². The number of hydrogen-bond acceptors (Lipinski definition) is 4. The van der Waals surface area contributed by atoms with Gasteiger partial charge >= 0.3 is 0 Å². The van der Waals surface area contributed by atoms with Crippen LogP contribution in [0, 0.1) is 11.8 Å². The topological polar surface area (TPSA) is 55.8 Å². The lowest BCUT2D eigenvalue weighted by molar-refractivity contribution is -0.149. The molecule has 1 amide bonds. The lowest BCUT2D eigenvalue weighted by atomic mass is 9.91. The smallest absolute Gasteiger partial charge is 0.229 e. The van der Waals surface area contributed by atoms with Crippen LogP contribution in [0.5, 0.6) is 5.75 Å². The molecule has 0 aromatic heterocycles. The van der Waals surface area contributed by atoms with Crippen molar-refractivity contribution >= 4 is 23.3 Å². The van der Waals surface area contributed by atoms with Crippen LogP contribution < -0.4 is 4.74 Å². The lowest BCUT2D eigenvalue weighted by Crippen LogP contribution is -2.55. The van der Waals surface area contributed by atoms with Gasteiger partial charge in [-0.15, -0.1) is 0 Å². The Bertz CT molecular complexity index is 692. The maximum absolute atomic E-state index is 13.2. The van der Waals surface area contributed by atoms with Crippen LogP contribution in [-0.4, -0.2) is 49.0 Å². The molecule has 6 heteroatoms. The van der Waals surface area contributed by atoms with Gasteiger partial charge in [0, 0.05) is 23.9 Å². The van der Waals surface area contributed by atoms with Crippen molar-refractivity contribution in [2.75, 3.05) is 26.4 Å². The van der Waals surface area contributed by atoms with E-state index in [2.05, 4.69) is 0 Å². The highest BCUT2D eigenvalue weighted by Crippen LogP contribution is 2.33. The molecule has 3 atom stereocenters. The highest BCUT2D eigenvalue weighted by molar-refractivity contribution is 6.30. The third-order valence-corrected chi connectivity index (χ3v) is 5.78. The second kappa shape index (κ2) is 6.96. The number of Topliss-reactive ketones (excluding diaryl/α,β-unsaturated/α-hetero) is 1. The van der Waals surface area contributed by atoms with E-state index in [1.54, 1.807) is 6.07 Å². The summed E-state index contributed by atoms with van der Waals surface area (Å²) in [5.41, 5.74) is 0.971. The number of carbonyl (C=O) groups is 2. The Morgan fingerprint density at radius 2 is 2.16 bits per heavy atom. The summed E-state index contributed by atoms with van der Waals surface area (Å²) in [5.74, 6) is 0.834. The largest absolute Gasteiger partial charge is 0.492 e. The molecule has 2 fully saturated rings. The summed E-state index contributed by atoms with van der Waals surface area (Å²) in [7, 11) is 0. The zero-order chi connectivity index (χ0) is 17.4. The molecule has 0 bridgehead atoms. The molecular weight excluding hydrogens is 342 g/mol. The van der Waals surface area contributed by atoms with Gasteiger partial charge in [0.2, 0.25) is 5.91 Å². The van der Waals surface area contributed by atoms with Crippen molar-refractivity contribution in [1.82, 2.24) is 4.90 Å². The molecule has 2 aliphatic heterocycles. The van der Waals surface area contributed by atoms with Gasteiger partial charge in [0.05, 0.1) is 25.2 Å². The molecule has 3 unspecified atom stereocenters. The lowest BCUT2D eigenvalue weighted by Gasteiger charge is -2.40. The number of morpholine rings is 1. The first-order valence-corrected chi connectivity index (χ1v) is 9.33. The zero-order valence-electron chi connectivity index (χ0n) is 14.1. The molecule has 1 aliphatic carbocycles. The Morgan fingerprint density at radius 1 is 1.28 bits per heavy atom. The van der Waals surface area contributed by atoms with E-state index in [1.165, 1.54) is 0 Å². The van der Waals surface area contributed by atoms with E-state index >= 15 is 0 Å². The van der Waals surface area contributed by atoms with Crippen molar-refractivity contribution in [1.29, 1.82) is 0 Å². The summed E-state index contributed by atoms with van der Waals surface area (Å²) in [5, 5.41) is 0.649. The molecule has 1 aromatic rings. The predicted octanol–water partition coefficient (Wildman–Crippen LogP) is 2.49. The van der Waals surface area contributed by atoms with Gasteiger partial charge in [-0.2, -0.15) is 0 Å². The Labute approximate surface area is 152 Å². The van der Waals surface area contributed by atoms with Gasteiger partial charge in [-0.05, 0) is 43.0 Å². The fourth-order valence-corrected chi connectivity index (χ4v) is 4.43. The first-order chi connectivity index (χ1) is 12.1. The van der Waals surface area contributed by atoms with Gasteiger partial charge in [-0.25, -0.2) is 0 Å². The predicted molar refractivity (Wildman–Crippen MR) is 92.8 cm³/mol. The van der Waals surface area contributed by atoms with E-state index in [0.717, 1.165) is 24.2 Å². The average molecular weight is 364 g/mol. The summed E-state index contributed by atoms with van der Waals surface area (Å²) in [6, 6.07) is 5.39. The molecule has 3 aliphatic rings. The normalized spacial score (nSPS) is 29.2. The summed E-state index contributed by atoms with van der Waals surface area (Å²) < 4.78 is 11.4. The first kappa shape index (κ1) is 16.9. The van der Waals surface area contributed by atoms with Crippen molar-refractivity contribution in [3.63, 3.8) is 0 Å². The minimum atomic E-state index is -0.233. The second-order valence-electron chi connectivity index (χ2n) is 7.10. The molecule has 1 saturated heterocycles. The van der Waals surface area contributed by atoms with Crippen molar-refractivity contribution < 1.29 is 19.1 Å². The van der Waals surface area contributed by atoms with Crippen LogP contribution in [0.25, 0.3) is 0 Å². The first-order valence-electron chi connectivity index (χ1n) is 8.95. The Kier molecular flexibility index (Phi) is 4.69. The summed E-state index contributed by atoms with van der Waals surface area (Å²) in [4.78, 5) is 27.2. The maximum atomic E-state index is 13.2. The Hall–Kier alpha value is -1.59. The number of ketones is 1. The number of carbonyl (C=O) groups excluding carboxylic acids is 2. The Morgan fingerprint density at radius 3 is 2.96 bits per heavy atom. The highest BCUT2D eigenvalue weighted by Gasteiger charge is 2.41. The standard InChI is InChI=1S/C19H22ClNO4/c20-14-4-5-18-12(9-14)8-13(10-25-18)19(23)21-6-7-24-11-16(21)15-2-1-3-17(15)22/h4-5,9,13,15-16H,1-3,6-8,10-11H2. The fraction of sp³-hybridized carbons (Fsp3) is 0.579. The summed E-state index contributed by atoms with van der Waals surface area (Å²) >= 11 is 6.07. The van der Waals surface area contributed by atoms with Gasteiger partial charge in [0.1, 0.15) is 18.1 Å². The number of nitrogens with zero attached hydrogens (tertiary/aromatic N) is 1. The minimum Gasteiger partial charge on any atom is -0.492 e. The zero-order valence-corrected chi connectivity index (χ0v) is 14.8. The van der Waals surface area contributed by atoms with E-state index in [9.17, 15) is 9.59 Å². The molecule has 1 aromatic carbocycles. The highest BCUT2D eigenvalue weighted by atomic mass is 35.5. The maximum Gasteiger partial charge on any atom is 0.229 e. The summed E-state index contributed by atoms with van der Waals surface area (Å²) in [6.45, 7) is 1.90. The minimum absolute atomic E-state index is 0.0682. The van der Waals surface area contributed by atoms with Gasteiger partial charge in [0.25, 0.3) is 0 Å². The number of halogens is 1. The Balaban J connectivity index is 1.52. The van der Waals surface area contributed by atoms with Crippen LogP contribution in [0.2, 0.25) is 5.02 Å². The third-order valence-electron chi connectivity index (χ3n) is 5.54. The number of benzene rings is 1. The molecule has 25 heavy (non-hydrogen) atoms. The molecule has 0 radical (unpaired) electrons. The number of amides is 1. The van der Waals surface area contributed by atoms with E-state index in [4.69, 9.17) is 21.1 Å². The molecule has 0 N–H and O–H groups in total. The monoisotopic (exact) mass is 363 g/mol. The SMILES string of the molecule is O=C1CCCC1C1COCCN1C(=O)C1COc2ccc(Cl)cc2C1. The van der Waals surface area contributed by atoms with E-state index < -0.39 is 0 Å². The van der Waals surface area contributed by atoms with Gasteiger partial charge in [0.15, 0.2) is 0 Å². The molecule has 2 heterocycles. The van der Waals surface area contributed by atoms with E-state index in [0.29, 0.717) is 44.2 Å². The second-order valence-corrected chi connectivity index (χ2v) is 7.54. The van der Waals surface area contributed by atoms with Crippen LogP contribution >= 0.6 is 11.6 Å². The van der Waals surface area contributed by atoms with Gasteiger partial charge < -0.3 is 14.4 Å². The number of hydrogen-bond donors (Lipinski definition) is 0. The van der Waals surface area contributed by atoms with Crippen molar-refractivity contribution in [2.45, 2.75) is 31.7 Å². The molecule has 5 nitrogen and oxygen atoms in total. The summed E-state index contributed by atoms with van der Waals surface area (Å²) in [6.07, 6.45) is 3.02. The van der Waals surface area contributed by atoms with Crippen LogP contribution in [-0.2, 0) is 20.7 Å². The van der Waals surface area contributed by atoms with Gasteiger partial charge in [-0.3, -0.25) is 9.59 Å². The van der Waals surface area contributed by atoms with Crippen LogP contribution in [0.3, 0.4) is 0 Å². The third kappa shape index (κ3) is 3.27. The van der Waals surface area contributed by atoms with Crippen LogP contribution in [0.1, 0.15) is 24.8 Å². The van der Waals surface area contributed by atoms with Crippen LogP contribution in [0.15, 0.2) is 18.2 Å². The van der Waals surface area contributed by atoms with E-state index in [-0.39, 0.29) is 29.6 Å². The van der Waals surface area contributed by atoms with E-state index in [1.807, 2.05) is 17.0 Å². The van der Waals surface area contributed by atoms with Crippen molar-refractivity contribution in [2.24, 2.45) is 11.8 Å². The van der Waals surface area contributed by atoms with Gasteiger partial charge in [-0.1, -0.05) is 11.6 Å². The molecule has 1 saturated carbocycles. The fourth-order valence-electron chi connectivity index (χ4n) is 4.24. The van der Waals surface area contributed by atoms with Crippen molar-refractivity contribution in [3.05, 3.63) is 28.8 Å². The van der Waals surface area contributed by atoms with Crippen LogP contribution in [0.4, 0.5) is 0 Å². The molecule has 0 spiro atoms.